The Morgan fingerprint density at radius 2 is 1.87 bits per heavy atom. The van der Waals surface area contributed by atoms with Crippen LogP contribution in [0.2, 0.25) is 0 Å². The molecule has 1 aromatic carbocycles. The molecule has 2 rings (SSSR count). The third-order valence-corrected chi connectivity index (χ3v) is 2.26. The number of nitrogens with one attached hydrogen (secondary N) is 1. The lowest BCUT2D eigenvalue weighted by Gasteiger charge is -2.07. The van der Waals surface area contributed by atoms with E-state index >= 15 is 0 Å². The molecule has 0 spiro atoms. The average Bonchev–Trinajstić information content (AvgIpc) is 2.31. The Morgan fingerprint density at radius 3 is 2.60 bits per heavy atom. The summed E-state index contributed by atoms with van der Waals surface area (Å²) in [6.45, 7) is 0.852. The molecule has 3 nitrogen and oxygen atoms in total. The van der Waals surface area contributed by atoms with Crippen molar-refractivity contribution in [3.8, 4) is 11.1 Å². The summed E-state index contributed by atoms with van der Waals surface area (Å²) in [5.41, 5.74) is 3.51. The monoisotopic (exact) mass is 199 g/mol. The third kappa shape index (κ3) is 2.19. The number of hydrogen-bond donors (Lipinski definition) is 1. The van der Waals surface area contributed by atoms with Gasteiger partial charge in [-0.15, -0.1) is 0 Å². The van der Waals surface area contributed by atoms with Gasteiger partial charge in [0.2, 0.25) is 0 Å². The van der Waals surface area contributed by atoms with Gasteiger partial charge >= 0.3 is 0 Å². The fourth-order valence-electron chi connectivity index (χ4n) is 1.58. The van der Waals surface area contributed by atoms with Gasteiger partial charge in [-0.3, -0.25) is 0 Å². The zero-order chi connectivity index (χ0) is 10.5. The van der Waals surface area contributed by atoms with Crippen LogP contribution in [0.3, 0.4) is 0 Å². The largest absolute Gasteiger partial charge is 0.316 e. The molecular weight excluding hydrogens is 186 g/mol. The molecule has 0 radical (unpaired) electrons. The maximum atomic E-state index is 4.03. The van der Waals surface area contributed by atoms with E-state index in [9.17, 15) is 0 Å². The van der Waals surface area contributed by atoms with Gasteiger partial charge in [0, 0.05) is 24.5 Å². The Labute approximate surface area is 89.2 Å². The zero-order valence-electron chi connectivity index (χ0n) is 8.64. The van der Waals surface area contributed by atoms with Crippen molar-refractivity contribution in [3.63, 3.8) is 0 Å². The first kappa shape index (κ1) is 9.80. The van der Waals surface area contributed by atoms with Crippen molar-refractivity contribution in [2.45, 2.75) is 6.54 Å². The molecule has 76 valence electrons. The predicted molar refractivity (Wildman–Crippen MR) is 60.2 cm³/mol. The topological polar surface area (TPSA) is 37.8 Å². The first-order valence-electron chi connectivity index (χ1n) is 4.89. The number of nitrogens with zero attached hydrogens (tertiary/aromatic N) is 2. The van der Waals surface area contributed by atoms with Crippen LogP contribution in [0.25, 0.3) is 11.1 Å². The minimum atomic E-state index is 0.852. The second-order valence-corrected chi connectivity index (χ2v) is 3.31. The molecule has 1 aromatic heterocycles. The van der Waals surface area contributed by atoms with Crippen molar-refractivity contribution in [1.29, 1.82) is 0 Å². The molecule has 3 heteroatoms. The van der Waals surface area contributed by atoms with Crippen LogP contribution in [0.15, 0.2) is 43.0 Å². The lowest BCUT2D eigenvalue weighted by atomic mass is 10.0. The van der Waals surface area contributed by atoms with Crippen LogP contribution in [0.1, 0.15) is 5.56 Å². The quantitative estimate of drug-likeness (QED) is 0.820. The Morgan fingerprint density at radius 1 is 1.13 bits per heavy atom. The van der Waals surface area contributed by atoms with Crippen LogP contribution < -0.4 is 5.32 Å². The molecule has 0 aliphatic carbocycles. The van der Waals surface area contributed by atoms with E-state index in [1.165, 1.54) is 11.1 Å². The fraction of sp³-hybridized carbons (Fsp3) is 0.167. The number of rotatable bonds is 3. The minimum Gasteiger partial charge on any atom is -0.316 e. The van der Waals surface area contributed by atoms with E-state index in [4.69, 9.17) is 0 Å². The van der Waals surface area contributed by atoms with E-state index in [-0.39, 0.29) is 0 Å². The molecule has 0 atom stereocenters. The van der Waals surface area contributed by atoms with Crippen LogP contribution in [0, 0.1) is 0 Å². The fourth-order valence-corrected chi connectivity index (χ4v) is 1.58. The van der Waals surface area contributed by atoms with Crippen LogP contribution in [-0.4, -0.2) is 17.0 Å². The first-order valence-corrected chi connectivity index (χ1v) is 4.89. The van der Waals surface area contributed by atoms with Crippen molar-refractivity contribution in [2.24, 2.45) is 0 Å². The van der Waals surface area contributed by atoms with Gasteiger partial charge in [-0.2, -0.15) is 0 Å². The SMILES string of the molecule is CNCc1ccccc1-c1cncnc1. The van der Waals surface area contributed by atoms with E-state index < -0.39 is 0 Å². The summed E-state index contributed by atoms with van der Waals surface area (Å²) in [6, 6.07) is 8.27. The molecule has 0 saturated carbocycles. The summed E-state index contributed by atoms with van der Waals surface area (Å²) < 4.78 is 0. The molecule has 0 amide bonds. The van der Waals surface area contributed by atoms with Gasteiger partial charge in [0.15, 0.2) is 0 Å². The van der Waals surface area contributed by atoms with E-state index in [0.717, 1.165) is 12.1 Å². The van der Waals surface area contributed by atoms with Gasteiger partial charge in [0.05, 0.1) is 0 Å². The Hall–Kier alpha value is -1.74. The summed E-state index contributed by atoms with van der Waals surface area (Å²) in [5.74, 6) is 0. The second-order valence-electron chi connectivity index (χ2n) is 3.31. The first-order chi connectivity index (χ1) is 7.42. The second kappa shape index (κ2) is 4.66. The van der Waals surface area contributed by atoms with E-state index in [0.29, 0.717) is 0 Å². The third-order valence-electron chi connectivity index (χ3n) is 2.26. The molecular formula is C12H13N3. The predicted octanol–water partition coefficient (Wildman–Crippen LogP) is 1.86. The maximum Gasteiger partial charge on any atom is 0.115 e. The lowest BCUT2D eigenvalue weighted by molar-refractivity contribution is 0.819. The molecule has 0 unspecified atom stereocenters. The highest BCUT2D eigenvalue weighted by atomic mass is 14.8. The zero-order valence-corrected chi connectivity index (χ0v) is 8.64. The normalized spacial score (nSPS) is 10.2. The molecule has 0 aliphatic heterocycles. The summed E-state index contributed by atoms with van der Waals surface area (Å²) in [5, 5.41) is 3.15. The van der Waals surface area contributed by atoms with Crippen molar-refractivity contribution in [3.05, 3.63) is 48.5 Å². The smallest absolute Gasteiger partial charge is 0.115 e. The summed E-state index contributed by atoms with van der Waals surface area (Å²) in [7, 11) is 1.94. The van der Waals surface area contributed by atoms with E-state index in [1.807, 2.05) is 31.6 Å². The standard InChI is InChI=1S/C12H13N3/c1-13-6-10-4-2-3-5-12(10)11-7-14-9-15-8-11/h2-5,7-9,13H,6H2,1H3. The van der Waals surface area contributed by atoms with Gasteiger partial charge in [-0.25, -0.2) is 9.97 Å². The Balaban J connectivity index is 2.43. The van der Waals surface area contributed by atoms with E-state index in [1.54, 1.807) is 6.33 Å². The molecule has 0 aliphatic rings. The Kier molecular flexibility index (Phi) is 3.05. The maximum absolute atomic E-state index is 4.03. The summed E-state index contributed by atoms with van der Waals surface area (Å²) >= 11 is 0. The Bertz CT molecular complexity index is 426. The molecule has 1 N–H and O–H groups in total. The number of hydrogen-bond acceptors (Lipinski definition) is 3. The van der Waals surface area contributed by atoms with Crippen molar-refractivity contribution in [2.75, 3.05) is 7.05 Å². The highest BCUT2D eigenvalue weighted by Gasteiger charge is 2.03. The van der Waals surface area contributed by atoms with Crippen LogP contribution >= 0.6 is 0 Å². The van der Waals surface area contributed by atoms with Gasteiger partial charge in [-0.05, 0) is 18.2 Å². The average molecular weight is 199 g/mol. The highest BCUT2D eigenvalue weighted by Crippen LogP contribution is 2.21. The van der Waals surface area contributed by atoms with E-state index in [2.05, 4.69) is 27.4 Å². The van der Waals surface area contributed by atoms with Gasteiger partial charge in [-0.1, -0.05) is 24.3 Å². The number of aromatic nitrogens is 2. The van der Waals surface area contributed by atoms with Crippen molar-refractivity contribution < 1.29 is 0 Å². The van der Waals surface area contributed by atoms with Gasteiger partial charge < -0.3 is 5.32 Å². The molecule has 1 heterocycles. The van der Waals surface area contributed by atoms with Gasteiger partial charge in [0.25, 0.3) is 0 Å². The molecule has 2 aromatic rings. The molecule has 0 bridgehead atoms. The summed E-state index contributed by atoms with van der Waals surface area (Å²) in [6.07, 6.45) is 5.22. The van der Waals surface area contributed by atoms with Crippen LogP contribution in [0.5, 0.6) is 0 Å². The van der Waals surface area contributed by atoms with Crippen LogP contribution in [-0.2, 0) is 6.54 Å². The van der Waals surface area contributed by atoms with Crippen LogP contribution in [0.4, 0.5) is 0 Å². The van der Waals surface area contributed by atoms with Gasteiger partial charge in [0.1, 0.15) is 6.33 Å². The number of benzene rings is 1. The lowest BCUT2D eigenvalue weighted by Crippen LogP contribution is -2.06. The van der Waals surface area contributed by atoms with Crippen molar-refractivity contribution in [1.82, 2.24) is 15.3 Å². The van der Waals surface area contributed by atoms with Crippen molar-refractivity contribution >= 4 is 0 Å². The molecule has 0 saturated heterocycles. The minimum absolute atomic E-state index is 0.852. The molecule has 15 heavy (non-hydrogen) atoms. The summed E-state index contributed by atoms with van der Waals surface area (Å²) in [4.78, 5) is 8.06. The highest BCUT2D eigenvalue weighted by molar-refractivity contribution is 5.65. The molecule has 0 fully saturated rings.